The van der Waals surface area contributed by atoms with Crippen molar-refractivity contribution in [2.45, 2.75) is 52.5 Å². The Morgan fingerprint density at radius 3 is 3.00 bits per heavy atom. The molecule has 1 unspecified atom stereocenters. The van der Waals surface area contributed by atoms with Crippen molar-refractivity contribution in [3.63, 3.8) is 0 Å². The molecule has 2 nitrogen and oxygen atoms in total. The number of hydrogen-bond donors (Lipinski definition) is 1. The predicted molar refractivity (Wildman–Crippen MR) is 84.1 cm³/mol. The zero-order chi connectivity index (χ0) is 13.7. The van der Waals surface area contributed by atoms with Gasteiger partial charge in [0.1, 0.15) is 0 Å². The van der Waals surface area contributed by atoms with E-state index in [1.165, 1.54) is 50.0 Å². The molecule has 19 heavy (non-hydrogen) atoms. The normalized spacial score (nSPS) is 16.3. The molecule has 0 bridgehead atoms. The van der Waals surface area contributed by atoms with Crippen molar-refractivity contribution in [3.05, 3.63) is 29.3 Å². The quantitative estimate of drug-likeness (QED) is 0.842. The van der Waals surface area contributed by atoms with E-state index in [0.29, 0.717) is 6.04 Å². The average molecular weight is 260 g/mol. The van der Waals surface area contributed by atoms with Crippen LogP contribution >= 0.6 is 0 Å². The van der Waals surface area contributed by atoms with Crippen molar-refractivity contribution in [3.8, 4) is 0 Å². The van der Waals surface area contributed by atoms with Crippen LogP contribution in [0.15, 0.2) is 18.2 Å². The van der Waals surface area contributed by atoms with Crippen LogP contribution in [0, 0.1) is 6.92 Å². The maximum atomic E-state index is 3.58. The first-order chi connectivity index (χ1) is 9.20. The van der Waals surface area contributed by atoms with Crippen LogP contribution in [0.25, 0.3) is 0 Å². The minimum absolute atomic E-state index is 0.621. The second-order valence-corrected chi connectivity index (χ2v) is 5.87. The van der Waals surface area contributed by atoms with Gasteiger partial charge in [0.2, 0.25) is 0 Å². The van der Waals surface area contributed by atoms with E-state index in [1.807, 2.05) is 0 Å². The molecule has 1 aromatic carbocycles. The minimum atomic E-state index is 0.621. The van der Waals surface area contributed by atoms with Crippen molar-refractivity contribution in [2.75, 3.05) is 24.5 Å². The number of nitrogens with zero attached hydrogens (tertiary/aromatic N) is 1. The van der Waals surface area contributed by atoms with Crippen LogP contribution in [-0.4, -0.2) is 25.7 Å². The lowest BCUT2D eigenvalue weighted by Crippen LogP contribution is -2.35. The monoisotopic (exact) mass is 260 g/mol. The summed E-state index contributed by atoms with van der Waals surface area (Å²) in [4.78, 5) is 2.57. The molecular formula is C17H28N2. The van der Waals surface area contributed by atoms with E-state index < -0.39 is 0 Å². The van der Waals surface area contributed by atoms with Gasteiger partial charge in [0, 0.05) is 24.8 Å². The maximum absolute atomic E-state index is 3.58. The lowest BCUT2D eigenvalue weighted by molar-refractivity contribution is 0.505. The molecule has 0 spiro atoms. The topological polar surface area (TPSA) is 15.3 Å². The lowest BCUT2D eigenvalue weighted by atomic mass is 9.99. The fourth-order valence-electron chi connectivity index (χ4n) is 2.88. The Bertz CT molecular complexity index is 400. The summed E-state index contributed by atoms with van der Waals surface area (Å²) in [6.07, 6.45) is 4.99. The van der Waals surface area contributed by atoms with E-state index in [0.717, 1.165) is 6.54 Å². The van der Waals surface area contributed by atoms with Crippen molar-refractivity contribution in [2.24, 2.45) is 0 Å². The highest BCUT2D eigenvalue weighted by Crippen LogP contribution is 2.28. The van der Waals surface area contributed by atoms with Crippen LogP contribution in [0.3, 0.4) is 0 Å². The van der Waals surface area contributed by atoms with Gasteiger partial charge in [-0.15, -0.1) is 0 Å². The van der Waals surface area contributed by atoms with Crippen LogP contribution in [0.1, 0.15) is 44.2 Å². The fourth-order valence-corrected chi connectivity index (χ4v) is 2.88. The van der Waals surface area contributed by atoms with Gasteiger partial charge in [-0.1, -0.05) is 24.6 Å². The Morgan fingerprint density at radius 2 is 2.21 bits per heavy atom. The molecule has 0 saturated carbocycles. The minimum Gasteiger partial charge on any atom is -0.371 e. The van der Waals surface area contributed by atoms with E-state index in [9.17, 15) is 0 Å². The summed E-state index contributed by atoms with van der Waals surface area (Å²) >= 11 is 0. The van der Waals surface area contributed by atoms with Gasteiger partial charge in [-0.3, -0.25) is 0 Å². The van der Waals surface area contributed by atoms with E-state index in [1.54, 1.807) is 5.56 Å². The summed E-state index contributed by atoms with van der Waals surface area (Å²) < 4.78 is 0. The standard InChI is InChI=1S/C17H28N2/c1-4-10-18-15(3)9-12-19-11-5-6-16-13-14(2)7-8-17(16)19/h7-8,13,15,18H,4-6,9-12H2,1-3H3. The molecule has 106 valence electrons. The Hall–Kier alpha value is -1.02. The van der Waals surface area contributed by atoms with Gasteiger partial charge in [0.05, 0.1) is 0 Å². The Labute approximate surface area is 118 Å². The van der Waals surface area contributed by atoms with Crippen LogP contribution in [0.5, 0.6) is 0 Å². The van der Waals surface area contributed by atoms with Crippen LogP contribution in [0.2, 0.25) is 0 Å². The third-order valence-electron chi connectivity index (χ3n) is 4.02. The van der Waals surface area contributed by atoms with Crippen LogP contribution in [0.4, 0.5) is 5.69 Å². The Balaban J connectivity index is 1.92. The molecule has 1 aliphatic heterocycles. The highest BCUT2D eigenvalue weighted by molar-refractivity contribution is 5.56. The number of anilines is 1. The summed E-state index contributed by atoms with van der Waals surface area (Å²) in [7, 11) is 0. The highest BCUT2D eigenvalue weighted by Gasteiger charge is 2.16. The van der Waals surface area contributed by atoms with Crippen molar-refractivity contribution in [1.82, 2.24) is 5.32 Å². The van der Waals surface area contributed by atoms with Crippen molar-refractivity contribution >= 4 is 5.69 Å². The molecule has 1 N–H and O–H groups in total. The summed E-state index contributed by atoms with van der Waals surface area (Å²) in [6, 6.07) is 7.54. The number of rotatable bonds is 6. The zero-order valence-electron chi connectivity index (χ0n) is 12.7. The third-order valence-corrected chi connectivity index (χ3v) is 4.02. The van der Waals surface area contributed by atoms with E-state index in [4.69, 9.17) is 0 Å². The number of benzene rings is 1. The first-order valence-electron chi connectivity index (χ1n) is 7.78. The third kappa shape index (κ3) is 3.97. The van der Waals surface area contributed by atoms with Gasteiger partial charge in [-0.2, -0.15) is 0 Å². The molecule has 2 rings (SSSR count). The Kier molecular flexibility index (Phi) is 5.26. The molecule has 1 heterocycles. The smallest absolute Gasteiger partial charge is 0.0398 e. The van der Waals surface area contributed by atoms with Gasteiger partial charge in [-0.25, -0.2) is 0 Å². The summed E-state index contributed by atoms with van der Waals surface area (Å²) in [5.74, 6) is 0. The fraction of sp³-hybridized carbons (Fsp3) is 0.647. The zero-order valence-corrected chi connectivity index (χ0v) is 12.7. The van der Waals surface area contributed by atoms with E-state index in [-0.39, 0.29) is 0 Å². The van der Waals surface area contributed by atoms with Gasteiger partial charge < -0.3 is 10.2 Å². The Morgan fingerprint density at radius 1 is 1.37 bits per heavy atom. The van der Waals surface area contributed by atoms with E-state index in [2.05, 4.69) is 49.2 Å². The molecule has 1 aliphatic rings. The maximum Gasteiger partial charge on any atom is 0.0398 e. The number of nitrogens with one attached hydrogen (secondary N) is 1. The molecule has 0 radical (unpaired) electrons. The average Bonchev–Trinajstić information content (AvgIpc) is 2.42. The first kappa shape index (κ1) is 14.4. The molecule has 0 fully saturated rings. The van der Waals surface area contributed by atoms with Crippen molar-refractivity contribution < 1.29 is 0 Å². The largest absolute Gasteiger partial charge is 0.371 e. The van der Waals surface area contributed by atoms with Gasteiger partial charge >= 0.3 is 0 Å². The SMILES string of the molecule is CCCNC(C)CCN1CCCc2cc(C)ccc21. The van der Waals surface area contributed by atoms with Crippen molar-refractivity contribution in [1.29, 1.82) is 0 Å². The predicted octanol–water partition coefficient (Wildman–Crippen LogP) is 3.53. The van der Waals surface area contributed by atoms with Gasteiger partial charge in [0.15, 0.2) is 0 Å². The molecule has 0 aliphatic carbocycles. The molecule has 0 amide bonds. The molecule has 0 saturated heterocycles. The molecule has 2 heteroatoms. The first-order valence-corrected chi connectivity index (χ1v) is 7.78. The number of hydrogen-bond acceptors (Lipinski definition) is 2. The van der Waals surface area contributed by atoms with Gasteiger partial charge in [0.25, 0.3) is 0 Å². The molecule has 1 atom stereocenters. The van der Waals surface area contributed by atoms with Gasteiger partial charge in [-0.05, 0) is 57.7 Å². The van der Waals surface area contributed by atoms with Crippen LogP contribution < -0.4 is 10.2 Å². The lowest BCUT2D eigenvalue weighted by Gasteiger charge is -2.32. The molecule has 1 aromatic rings. The molecular weight excluding hydrogens is 232 g/mol. The number of fused-ring (bicyclic) bond motifs is 1. The summed E-state index contributed by atoms with van der Waals surface area (Å²) in [5, 5.41) is 3.58. The summed E-state index contributed by atoms with van der Waals surface area (Å²) in [6.45, 7) is 10.2. The van der Waals surface area contributed by atoms with Crippen LogP contribution in [-0.2, 0) is 6.42 Å². The summed E-state index contributed by atoms with van der Waals surface area (Å²) in [5.41, 5.74) is 4.40. The highest BCUT2D eigenvalue weighted by atomic mass is 15.1. The second-order valence-electron chi connectivity index (χ2n) is 5.87. The molecule has 0 aromatic heterocycles. The number of aryl methyl sites for hydroxylation is 2. The second kappa shape index (κ2) is 6.95. The van der Waals surface area contributed by atoms with E-state index >= 15 is 0 Å².